The lowest BCUT2D eigenvalue weighted by Gasteiger charge is -2.21. The second-order valence-corrected chi connectivity index (χ2v) is 29.9. The van der Waals surface area contributed by atoms with Crippen LogP contribution in [0.2, 0.25) is 0 Å². The number of phosphoric ester groups is 2. The fourth-order valence-corrected chi connectivity index (χ4v) is 13.2. The highest BCUT2D eigenvalue weighted by atomic mass is 31.2. The van der Waals surface area contributed by atoms with Crippen molar-refractivity contribution < 1.29 is 80.2 Å². The van der Waals surface area contributed by atoms with Crippen LogP contribution in [0.4, 0.5) is 0 Å². The van der Waals surface area contributed by atoms with E-state index in [1.54, 1.807) is 0 Å². The minimum atomic E-state index is -4.95. The molecular weight excluding hydrogens is 1230 g/mol. The van der Waals surface area contributed by atoms with Gasteiger partial charge in [0.25, 0.3) is 0 Å². The molecule has 0 aromatic heterocycles. The number of aliphatic hydroxyl groups is 1. The van der Waals surface area contributed by atoms with Crippen LogP contribution in [-0.4, -0.2) is 96.7 Å². The molecule has 0 saturated heterocycles. The predicted octanol–water partition coefficient (Wildman–Crippen LogP) is 22.2. The van der Waals surface area contributed by atoms with Gasteiger partial charge >= 0.3 is 39.5 Å². The van der Waals surface area contributed by atoms with Crippen molar-refractivity contribution >= 4 is 39.5 Å². The number of esters is 4. The molecule has 0 aromatic rings. The molecule has 5 atom stereocenters. The Balaban J connectivity index is 5.24. The summed E-state index contributed by atoms with van der Waals surface area (Å²) in [6.07, 6.45) is 59.4. The van der Waals surface area contributed by atoms with Crippen LogP contribution in [0.1, 0.15) is 400 Å². The summed E-state index contributed by atoms with van der Waals surface area (Å²) in [6, 6.07) is 0. The molecule has 0 amide bonds. The van der Waals surface area contributed by atoms with Crippen molar-refractivity contribution in [3.8, 4) is 0 Å². The van der Waals surface area contributed by atoms with Gasteiger partial charge in [-0.15, -0.1) is 0 Å². The number of hydrogen-bond acceptors (Lipinski definition) is 15. The van der Waals surface area contributed by atoms with Gasteiger partial charge in [-0.05, 0) is 25.7 Å². The SMILES string of the molecule is CCCCCCCCCCCCCCCCCCCC(=O)O[C@H](COC(=O)CCCCCCCCCCCCCCCC)COP(=O)(O)OC[C@@H](O)COP(=O)(O)OC[C@@H](COC(=O)CCCCCCCCCCCCC)OC(=O)CCCCCCCCCCCCCC. The van der Waals surface area contributed by atoms with Crippen molar-refractivity contribution in [1.82, 2.24) is 0 Å². The molecule has 0 aliphatic heterocycles. The van der Waals surface area contributed by atoms with Gasteiger partial charge in [0, 0.05) is 25.7 Å². The van der Waals surface area contributed by atoms with Crippen LogP contribution in [0.25, 0.3) is 0 Å². The molecule has 0 aliphatic carbocycles. The summed E-state index contributed by atoms with van der Waals surface area (Å²) in [5.41, 5.74) is 0. The van der Waals surface area contributed by atoms with Gasteiger partial charge in [-0.25, -0.2) is 9.13 Å². The molecule has 94 heavy (non-hydrogen) atoms. The summed E-state index contributed by atoms with van der Waals surface area (Å²) in [6.45, 7) is 4.99. The Kier molecular flexibility index (Phi) is 68.1. The Morgan fingerprint density at radius 3 is 0.628 bits per heavy atom. The summed E-state index contributed by atoms with van der Waals surface area (Å²) in [5.74, 6) is -2.11. The second kappa shape index (κ2) is 69.5. The van der Waals surface area contributed by atoms with Gasteiger partial charge < -0.3 is 33.8 Å². The smallest absolute Gasteiger partial charge is 0.462 e. The number of rotatable bonds is 76. The van der Waals surface area contributed by atoms with Crippen molar-refractivity contribution in [3.63, 3.8) is 0 Å². The molecule has 17 nitrogen and oxygen atoms in total. The van der Waals surface area contributed by atoms with Gasteiger partial charge in [0.05, 0.1) is 26.4 Å². The lowest BCUT2D eigenvalue weighted by molar-refractivity contribution is -0.161. The highest BCUT2D eigenvalue weighted by Crippen LogP contribution is 2.45. The molecule has 0 saturated carbocycles. The van der Waals surface area contributed by atoms with E-state index in [2.05, 4.69) is 27.7 Å². The van der Waals surface area contributed by atoms with E-state index in [1.807, 2.05) is 0 Å². The molecule has 2 unspecified atom stereocenters. The van der Waals surface area contributed by atoms with E-state index in [9.17, 15) is 43.2 Å². The maximum absolute atomic E-state index is 13.1. The number of hydrogen-bond donors (Lipinski definition) is 3. The molecule has 3 N–H and O–H groups in total. The number of ether oxygens (including phenoxy) is 4. The van der Waals surface area contributed by atoms with Crippen molar-refractivity contribution in [3.05, 3.63) is 0 Å². The van der Waals surface area contributed by atoms with Gasteiger partial charge in [-0.2, -0.15) is 0 Å². The molecule has 0 aromatic carbocycles. The maximum atomic E-state index is 13.1. The maximum Gasteiger partial charge on any atom is 0.472 e. The summed E-state index contributed by atoms with van der Waals surface area (Å²) in [7, 11) is -9.91. The van der Waals surface area contributed by atoms with Crippen LogP contribution < -0.4 is 0 Å². The number of carbonyl (C=O) groups is 4. The van der Waals surface area contributed by atoms with Crippen molar-refractivity contribution in [1.29, 1.82) is 0 Å². The zero-order chi connectivity index (χ0) is 69.0. The summed E-state index contributed by atoms with van der Waals surface area (Å²) in [5, 5.41) is 10.6. The Hall–Kier alpha value is -1.94. The summed E-state index contributed by atoms with van der Waals surface area (Å²) < 4.78 is 68.5. The van der Waals surface area contributed by atoms with Gasteiger partial charge in [0.15, 0.2) is 12.2 Å². The Morgan fingerprint density at radius 1 is 0.255 bits per heavy atom. The highest BCUT2D eigenvalue weighted by Gasteiger charge is 2.30. The Labute approximate surface area is 575 Å². The van der Waals surface area contributed by atoms with Crippen LogP contribution >= 0.6 is 15.6 Å². The zero-order valence-electron chi connectivity index (χ0n) is 60.9. The predicted molar refractivity (Wildman–Crippen MR) is 382 cm³/mol. The number of carbonyl (C=O) groups excluding carboxylic acids is 4. The number of unbranched alkanes of at least 4 members (excludes halogenated alkanes) is 50. The molecule has 19 heteroatoms. The molecule has 0 radical (unpaired) electrons. The lowest BCUT2D eigenvalue weighted by atomic mass is 10.0. The average molecular weight is 1380 g/mol. The molecular formula is C75H146O17P2. The van der Waals surface area contributed by atoms with E-state index in [1.165, 1.54) is 231 Å². The summed E-state index contributed by atoms with van der Waals surface area (Å²) in [4.78, 5) is 72.8. The summed E-state index contributed by atoms with van der Waals surface area (Å²) >= 11 is 0. The molecule has 0 bridgehead atoms. The first kappa shape index (κ1) is 92.1. The molecule has 0 fully saturated rings. The first-order valence-electron chi connectivity index (χ1n) is 39.3. The topological polar surface area (TPSA) is 237 Å². The highest BCUT2D eigenvalue weighted by molar-refractivity contribution is 7.47. The van der Waals surface area contributed by atoms with Gasteiger partial charge in [0.2, 0.25) is 0 Å². The molecule has 0 heterocycles. The zero-order valence-corrected chi connectivity index (χ0v) is 62.7. The van der Waals surface area contributed by atoms with Crippen molar-refractivity contribution in [2.75, 3.05) is 39.6 Å². The lowest BCUT2D eigenvalue weighted by Crippen LogP contribution is -2.30. The second-order valence-electron chi connectivity index (χ2n) is 27.0. The average Bonchev–Trinajstić information content (AvgIpc) is 1.48. The first-order chi connectivity index (χ1) is 45.7. The van der Waals surface area contributed by atoms with Crippen molar-refractivity contribution in [2.45, 2.75) is 418 Å². The fourth-order valence-electron chi connectivity index (χ4n) is 11.6. The fraction of sp³-hybridized carbons (Fsp3) is 0.947. The van der Waals surface area contributed by atoms with Crippen LogP contribution in [0.3, 0.4) is 0 Å². The minimum absolute atomic E-state index is 0.108. The third kappa shape index (κ3) is 68.6. The minimum Gasteiger partial charge on any atom is -0.462 e. The largest absolute Gasteiger partial charge is 0.472 e. The third-order valence-corrected chi connectivity index (χ3v) is 19.5. The van der Waals surface area contributed by atoms with Gasteiger partial charge in [-0.3, -0.25) is 37.3 Å². The third-order valence-electron chi connectivity index (χ3n) is 17.6. The van der Waals surface area contributed by atoms with Crippen LogP contribution in [0, 0.1) is 0 Å². The molecule has 0 aliphatic rings. The Morgan fingerprint density at radius 2 is 0.426 bits per heavy atom. The van der Waals surface area contributed by atoms with E-state index >= 15 is 0 Å². The van der Waals surface area contributed by atoms with E-state index < -0.39 is 97.5 Å². The van der Waals surface area contributed by atoms with Crippen LogP contribution in [0.15, 0.2) is 0 Å². The van der Waals surface area contributed by atoms with Gasteiger partial charge in [-0.1, -0.05) is 349 Å². The number of phosphoric acid groups is 2. The Bertz CT molecular complexity index is 1790. The first-order valence-corrected chi connectivity index (χ1v) is 42.3. The van der Waals surface area contributed by atoms with Gasteiger partial charge in [0.1, 0.15) is 19.3 Å². The molecule has 0 spiro atoms. The van der Waals surface area contributed by atoms with E-state index in [0.717, 1.165) is 89.9 Å². The molecule has 0 rings (SSSR count). The van der Waals surface area contributed by atoms with Crippen LogP contribution in [-0.2, 0) is 65.4 Å². The van der Waals surface area contributed by atoms with E-state index in [-0.39, 0.29) is 25.7 Å². The quantitative estimate of drug-likeness (QED) is 0.0222. The normalized spacial score (nSPS) is 13.9. The van der Waals surface area contributed by atoms with E-state index in [0.29, 0.717) is 25.7 Å². The molecule has 558 valence electrons. The number of aliphatic hydroxyl groups excluding tert-OH is 1. The van der Waals surface area contributed by atoms with Crippen molar-refractivity contribution in [2.24, 2.45) is 0 Å². The van der Waals surface area contributed by atoms with E-state index in [4.69, 9.17) is 37.0 Å². The standard InChI is InChI=1S/C75H146O17P2/c1-5-9-13-17-21-25-29-32-34-35-36-38-42-46-50-54-58-62-75(80)92-71(66-86-73(78)60-56-52-48-44-41-37-33-30-26-22-18-14-10-6-2)68-90-94(83,84)88-64-69(76)63-87-93(81,82)89-67-70(65-85-72(77)59-55-51-47-43-39-28-24-20-16-12-8-4)91-74(79)61-57-53-49-45-40-31-27-23-19-15-11-7-3/h69-71,76H,5-68H2,1-4H3,(H,81,82)(H,83,84)/t69-,70+,71+/m0/s1. The van der Waals surface area contributed by atoms with Crippen LogP contribution in [0.5, 0.6) is 0 Å². The monoisotopic (exact) mass is 1380 g/mol.